The fraction of sp³-hybridized carbons (Fsp3) is 0.150. The van der Waals surface area contributed by atoms with Crippen molar-refractivity contribution in [1.82, 2.24) is 10.3 Å². The maximum atomic E-state index is 13.6. The summed E-state index contributed by atoms with van der Waals surface area (Å²) in [5, 5.41) is 14.5. The van der Waals surface area contributed by atoms with Gasteiger partial charge in [0.2, 0.25) is 0 Å². The van der Waals surface area contributed by atoms with E-state index in [0.29, 0.717) is 11.1 Å². The standard InChI is InChI=1S/C20H17F2N3O2/c1-13(15-5-6-18(21)19(22)12-15)24-20(14-7-9-23-10-8-14)16-3-2-4-17(11-16)25(26)27/h2-13,20,24H,1H3. The maximum Gasteiger partial charge on any atom is 0.269 e. The van der Waals surface area contributed by atoms with Crippen molar-refractivity contribution in [2.45, 2.75) is 19.0 Å². The van der Waals surface area contributed by atoms with Crippen LogP contribution in [0.5, 0.6) is 0 Å². The third-order valence-corrected chi connectivity index (χ3v) is 4.31. The van der Waals surface area contributed by atoms with E-state index >= 15 is 0 Å². The lowest BCUT2D eigenvalue weighted by Gasteiger charge is -2.24. The third kappa shape index (κ3) is 4.32. The van der Waals surface area contributed by atoms with Gasteiger partial charge in [0, 0.05) is 30.6 Å². The van der Waals surface area contributed by atoms with Gasteiger partial charge in [-0.3, -0.25) is 20.4 Å². The van der Waals surface area contributed by atoms with Gasteiger partial charge in [0.25, 0.3) is 5.69 Å². The van der Waals surface area contributed by atoms with E-state index in [4.69, 9.17) is 0 Å². The van der Waals surface area contributed by atoms with E-state index in [1.54, 1.807) is 36.7 Å². The van der Waals surface area contributed by atoms with Crippen molar-refractivity contribution in [2.24, 2.45) is 0 Å². The number of nitrogens with zero attached hydrogens (tertiary/aromatic N) is 2. The van der Waals surface area contributed by atoms with Crippen LogP contribution in [-0.4, -0.2) is 9.91 Å². The molecule has 0 saturated heterocycles. The van der Waals surface area contributed by atoms with Gasteiger partial charge in [-0.25, -0.2) is 8.78 Å². The molecule has 2 aromatic carbocycles. The molecular formula is C20H17F2N3O2. The molecule has 0 amide bonds. The Balaban J connectivity index is 1.96. The van der Waals surface area contributed by atoms with E-state index in [-0.39, 0.29) is 11.7 Å². The van der Waals surface area contributed by atoms with Gasteiger partial charge in [0.05, 0.1) is 11.0 Å². The van der Waals surface area contributed by atoms with Crippen LogP contribution in [0.25, 0.3) is 0 Å². The Hall–Kier alpha value is -3.19. The van der Waals surface area contributed by atoms with Crippen LogP contribution in [0.3, 0.4) is 0 Å². The summed E-state index contributed by atoms with van der Waals surface area (Å²) in [7, 11) is 0. The number of hydrogen-bond acceptors (Lipinski definition) is 4. The molecule has 0 bridgehead atoms. The minimum absolute atomic E-state index is 0.0196. The normalized spacial score (nSPS) is 13.1. The molecule has 3 aromatic rings. The Bertz CT molecular complexity index is 951. The number of aromatic nitrogens is 1. The number of nitro groups is 1. The molecule has 0 aliphatic heterocycles. The monoisotopic (exact) mass is 369 g/mol. The van der Waals surface area contributed by atoms with Crippen LogP contribution in [0.2, 0.25) is 0 Å². The number of halogens is 2. The highest BCUT2D eigenvalue weighted by atomic mass is 19.2. The first-order valence-electron chi connectivity index (χ1n) is 8.31. The molecule has 0 radical (unpaired) electrons. The lowest BCUT2D eigenvalue weighted by molar-refractivity contribution is -0.384. The van der Waals surface area contributed by atoms with Gasteiger partial charge in [-0.1, -0.05) is 18.2 Å². The Morgan fingerprint density at radius 3 is 2.37 bits per heavy atom. The number of rotatable bonds is 6. The molecule has 1 aromatic heterocycles. The molecule has 0 aliphatic rings. The van der Waals surface area contributed by atoms with Crippen LogP contribution in [0.15, 0.2) is 67.0 Å². The molecule has 138 valence electrons. The summed E-state index contributed by atoms with van der Waals surface area (Å²) in [5.74, 6) is -1.83. The van der Waals surface area contributed by atoms with Crippen LogP contribution in [0.1, 0.15) is 35.7 Å². The van der Waals surface area contributed by atoms with Gasteiger partial charge in [0.15, 0.2) is 11.6 Å². The second-order valence-electron chi connectivity index (χ2n) is 6.13. The summed E-state index contributed by atoms with van der Waals surface area (Å²) < 4.78 is 26.8. The molecular weight excluding hydrogens is 352 g/mol. The zero-order chi connectivity index (χ0) is 19.4. The van der Waals surface area contributed by atoms with E-state index in [1.165, 1.54) is 18.2 Å². The van der Waals surface area contributed by atoms with Gasteiger partial charge in [-0.05, 0) is 47.9 Å². The van der Waals surface area contributed by atoms with Gasteiger partial charge in [-0.15, -0.1) is 0 Å². The summed E-state index contributed by atoms with van der Waals surface area (Å²) in [6.07, 6.45) is 3.26. The molecule has 2 atom stereocenters. The second-order valence-corrected chi connectivity index (χ2v) is 6.13. The van der Waals surface area contributed by atoms with Crippen LogP contribution in [0.4, 0.5) is 14.5 Å². The van der Waals surface area contributed by atoms with E-state index in [0.717, 1.165) is 17.7 Å². The van der Waals surface area contributed by atoms with Crippen molar-refractivity contribution < 1.29 is 13.7 Å². The Morgan fingerprint density at radius 2 is 1.70 bits per heavy atom. The highest BCUT2D eigenvalue weighted by molar-refractivity contribution is 5.40. The minimum Gasteiger partial charge on any atom is -0.300 e. The average Bonchev–Trinajstić information content (AvgIpc) is 2.68. The molecule has 5 nitrogen and oxygen atoms in total. The summed E-state index contributed by atoms with van der Waals surface area (Å²) in [4.78, 5) is 14.7. The smallest absolute Gasteiger partial charge is 0.269 e. The van der Waals surface area contributed by atoms with E-state index in [1.807, 2.05) is 6.92 Å². The Kier molecular flexibility index (Phi) is 5.52. The number of pyridine rings is 1. The third-order valence-electron chi connectivity index (χ3n) is 4.31. The Morgan fingerprint density at radius 1 is 0.963 bits per heavy atom. The predicted molar refractivity (Wildman–Crippen MR) is 97.1 cm³/mol. The summed E-state index contributed by atoms with van der Waals surface area (Å²) >= 11 is 0. The fourth-order valence-electron chi connectivity index (χ4n) is 2.89. The molecule has 0 fully saturated rings. The van der Waals surface area contributed by atoms with Crippen molar-refractivity contribution >= 4 is 5.69 Å². The zero-order valence-electron chi connectivity index (χ0n) is 14.5. The number of hydrogen-bond donors (Lipinski definition) is 1. The van der Waals surface area contributed by atoms with Crippen LogP contribution < -0.4 is 5.32 Å². The summed E-state index contributed by atoms with van der Waals surface area (Å²) in [6.45, 7) is 1.82. The van der Waals surface area contributed by atoms with E-state index in [9.17, 15) is 18.9 Å². The van der Waals surface area contributed by atoms with Gasteiger partial charge in [-0.2, -0.15) is 0 Å². The van der Waals surface area contributed by atoms with Gasteiger partial charge in [0.1, 0.15) is 0 Å². The molecule has 1 N–H and O–H groups in total. The van der Waals surface area contributed by atoms with E-state index in [2.05, 4.69) is 10.3 Å². The average molecular weight is 369 g/mol. The largest absolute Gasteiger partial charge is 0.300 e. The lowest BCUT2D eigenvalue weighted by atomic mass is 9.97. The first kappa shape index (κ1) is 18.6. The maximum absolute atomic E-state index is 13.6. The fourth-order valence-corrected chi connectivity index (χ4v) is 2.89. The van der Waals surface area contributed by atoms with Crippen molar-refractivity contribution in [3.8, 4) is 0 Å². The molecule has 0 aliphatic carbocycles. The molecule has 0 saturated carbocycles. The Labute approximate surface area is 154 Å². The quantitative estimate of drug-likeness (QED) is 0.505. The van der Waals surface area contributed by atoms with Crippen LogP contribution >= 0.6 is 0 Å². The predicted octanol–water partition coefficient (Wildman–Crippen LogP) is 4.71. The van der Waals surface area contributed by atoms with E-state index < -0.39 is 22.6 Å². The molecule has 0 spiro atoms. The highest BCUT2D eigenvalue weighted by Crippen LogP contribution is 2.28. The van der Waals surface area contributed by atoms with Crippen molar-refractivity contribution in [2.75, 3.05) is 0 Å². The summed E-state index contributed by atoms with van der Waals surface area (Å²) in [5.41, 5.74) is 2.08. The summed E-state index contributed by atoms with van der Waals surface area (Å²) in [6, 6.07) is 12.9. The first-order chi connectivity index (χ1) is 13.0. The van der Waals surface area contributed by atoms with Gasteiger partial charge >= 0.3 is 0 Å². The number of non-ortho nitro benzene ring substituents is 1. The second kappa shape index (κ2) is 8.01. The van der Waals surface area contributed by atoms with Gasteiger partial charge < -0.3 is 0 Å². The number of benzene rings is 2. The van der Waals surface area contributed by atoms with Crippen LogP contribution in [0, 0.1) is 21.7 Å². The van der Waals surface area contributed by atoms with Crippen LogP contribution in [-0.2, 0) is 0 Å². The first-order valence-corrected chi connectivity index (χ1v) is 8.31. The number of nitro benzene ring substituents is 1. The number of nitrogens with one attached hydrogen (secondary N) is 1. The SMILES string of the molecule is CC(NC(c1ccncc1)c1cccc([N+](=O)[O-])c1)c1ccc(F)c(F)c1. The highest BCUT2D eigenvalue weighted by Gasteiger charge is 2.20. The van der Waals surface area contributed by atoms with Crippen molar-refractivity contribution in [1.29, 1.82) is 0 Å². The molecule has 3 rings (SSSR count). The minimum atomic E-state index is -0.919. The molecule has 2 unspecified atom stereocenters. The molecule has 27 heavy (non-hydrogen) atoms. The van der Waals surface area contributed by atoms with Crippen molar-refractivity contribution in [3.05, 3.63) is 105 Å². The molecule has 7 heteroatoms. The topological polar surface area (TPSA) is 68.1 Å². The lowest BCUT2D eigenvalue weighted by Crippen LogP contribution is -2.26. The van der Waals surface area contributed by atoms with Crippen molar-refractivity contribution in [3.63, 3.8) is 0 Å². The zero-order valence-corrected chi connectivity index (χ0v) is 14.5. The molecule has 1 heterocycles.